The predicted octanol–water partition coefficient (Wildman–Crippen LogP) is 3.51. The largest absolute Gasteiger partial charge is 0.387 e. The molecule has 4 heteroatoms. The molecule has 1 aromatic heterocycles. The van der Waals surface area contributed by atoms with E-state index in [9.17, 15) is 5.11 Å². The third-order valence-electron chi connectivity index (χ3n) is 4.50. The maximum absolute atomic E-state index is 10.4. The molecular formula is C21H25N3O. The van der Waals surface area contributed by atoms with Gasteiger partial charge < -0.3 is 15.3 Å². The molecule has 0 aliphatic carbocycles. The fourth-order valence-electron chi connectivity index (χ4n) is 2.80. The molecular weight excluding hydrogens is 310 g/mol. The number of nitrogens with zero attached hydrogens (tertiary/aromatic N) is 2. The lowest BCUT2D eigenvalue weighted by atomic mass is 10.0. The first-order valence-electron chi connectivity index (χ1n) is 8.71. The molecule has 2 N–H and O–H groups in total. The Hall–Kier alpha value is -2.43. The zero-order chi connectivity index (χ0) is 17.6. The molecule has 0 saturated carbocycles. The Morgan fingerprint density at radius 1 is 1.08 bits per heavy atom. The SMILES string of the molecule is CCN(C)c1ccc(CNCC(O)c2ccc3ccccc3c2)cn1. The van der Waals surface area contributed by atoms with Crippen molar-refractivity contribution >= 4 is 16.6 Å². The highest BCUT2D eigenvalue weighted by molar-refractivity contribution is 5.83. The fourth-order valence-corrected chi connectivity index (χ4v) is 2.80. The second-order valence-corrected chi connectivity index (χ2v) is 6.29. The molecule has 0 saturated heterocycles. The molecule has 4 nitrogen and oxygen atoms in total. The summed E-state index contributed by atoms with van der Waals surface area (Å²) in [5.41, 5.74) is 2.04. The Labute approximate surface area is 149 Å². The van der Waals surface area contributed by atoms with Gasteiger partial charge in [-0.1, -0.05) is 42.5 Å². The van der Waals surface area contributed by atoms with Crippen LogP contribution in [0.4, 0.5) is 5.82 Å². The van der Waals surface area contributed by atoms with E-state index in [1.165, 1.54) is 5.39 Å². The Kier molecular flexibility index (Phi) is 5.64. The fraction of sp³-hybridized carbons (Fsp3) is 0.286. The van der Waals surface area contributed by atoms with Gasteiger partial charge in [-0.15, -0.1) is 0 Å². The molecule has 0 aliphatic heterocycles. The molecule has 3 rings (SSSR count). The van der Waals surface area contributed by atoms with E-state index >= 15 is 0 Å². The third kappa shape index (κ3) is 4.35. The quantitative estimate of drug-likeness (QED) is 0.694. The normalized spacial score (nSPS) is 12.3. The van der Waals surface area contributed by atoms with Crippen LogP contribution in [-0.2, 0) is 6.54 Å². The molecule has 0 bridgehead atoms. The molecule has 25 heavy (non-hydrogen) atoms. The maximum Gasteiger partial charge on any atom is 0.128 e. The minimum Gasteiger partial charge on any atom is -0.387 e. The summed E-state index contributed by atoms with van der Waals surface area (Å²) >= 11 is 0. The van der Waals surface area contributed by atoms with Gasteiger partial charge in [0.1, 0.15) is 5.82 Å². The van der Waals surface area contributed by atoms with E-state index in [4.69, 9.17) is 0 Å². The second-order valence-electron chi connectivity index (χ2n) is 6.29. The third-order valence-corrected chi connectivity index (χ3v) is 4.50. The van der Waals surface area contributed by atoms with Gasteiger partial charge in [-0.3, -0.25) is 0 Å². The standard InChI is InChI=1S/C21H25N3O/c1-3-24(2)21-11-8-16(14-23-21)13-22-15-20(25)19-10-9-17-6-4-5-7-18(17)12-19/h4-12,14,20,22,25H,3,13,15H2,1-2H3. The molecule has 0 radical (unpaired) electrons. The van der Waals surface area contributed by atoms with Crippen molar-refractivity contribution in [2.45, 2.75) is 19.6 Å². The lowest BCUT2D eigenvalue weighted by Gasteiger charge is -2.16. The summed E-state index contributed by atoms with van der Waals surface area (Å²) in [5, 5.41) is 16.1. The van der Waals surface area contributed by atoms with Gasteiger partial charge in [0.25, 0.3) is 0 Å². The smallest absolute Gasteiger partial charge is 0.128 e. The number of anilines is 1. The molecule has 130 valence electrons. The van der Waals surface area contributed by atoms with Crippen LogP contribution in [0.3, 0.4) is 0 Å². The van der Waals surface area contributed by atoms with E-state index in [1.807, 2.05) is 37.5 Å². The number of hydrogen-bond acceptors (Lipinski definition) is 4. The summed E-state index contributed by atoms with van der Waals surface area (Å²) in [4.78, 5) is 6.56. The van der Waals surface area contributed by atoms with Crippen LogP contribution in [0.2, 0.25) is 0 Å². The molecule has 1 heterocycles. The first-order chi connectivity index (χ1) is 12.2. The minimum absolute atomic E-state index is 0.509. The average molecular weight is 335 g/mol. The predicted molar refractivity (Wildman–Crippen MR) is 104 cm³/mol. The van der Waals surface area contributed by atoms with Crippen molar-refractivity contribution in [2.75, 3.05) is 25.0 Å². The summed E-state index contributed by atoms with van der Waals surface area (Å²) in [6.45, 7) is 4.23. The summed E-state index contributed by atoms with van der Waals surface area (Å²) in [6, 6.07) is 18.4. The molecule has 1 atom stereocenters. The summed E-state index contributed by atoms with van der Waals surface area (Å²) in [6.07, 6.45) is 1.36. The first kappa shape index (κ1) is 17.4. The molecule has 0 aliphatic rings. The van der Waals surface area contributed by atoms with Gasteiger partial charge in [0.2, 0.25) is 0 Å². The van der Waals surface area contributed by atoms with Crippen LogP contribution in [0.5, 0.6) is 0 Å². The van der Waals surface area contributed by atoms with Crippen molar-refractivity contribution in [3.63, 3.8) is 0 Å². The first-order valence-corrected chi connectivity index (χ1v) is 8.71. The van der Waals surface area contributed by atoms with E-state index in [2.05, 4.69) is 52.5 Å². The lowest BCUT2D eigenvalue weighted by molar-refractivity contribution is 0.174. The van der Waals surface area contributed by atoms with E-state index < -0.39 is 6.10 Å². The molecule has 2 aromatic carbocycles. The van der Waals surface area contributed by atoms with Crippen molar-refractivity contribution in [2.24, 2.45) is 0 Å². The summed E-state index contributed by atoms with van der Waals surface area (Å²) < 4.78 is 0. The number of rotatable bonds is 7. The van der Waals surface area contributed by atoms with E-state index in [-0.39, 0.29) is 0 Å². The lowest BCUT2D eigenvalue weighted by Crippen LogP contribution is -2.21. The van der Waals surface area contributed by atoms with Crippen molar-refractivity contribution in [3.05, 3.63) is 71.9 Å². The molecule has 0 amide bonds. The number of aliphatic hydroxyl groups is 1. The van der Waals surface area contributed by atoms with Crippen molar-refractivity contribution in [1.29, 1.82) is 0 Å². The Morgan fingerprint density at radius 2 is 1.88 bits per heavy atom. The topological polar surface area (TPSA) is 48.4 Å². The van der Waals surface area contributed by atoms with Gasteiger partial charge in [-0.05, 0) is 41.0 Å². The zero-order valence-electron chi connectivity index (χ0n) is 14.8. The Bertz CT molecular complexity index is 817. The Balaban J connectivity index is 1.55. The number of aromatic nitrogens is 1. The van der Waals surface area contributed by atoms with Crippen LogP contribution in [0.25, 0.3) is 10.8 Å². The molecule has 3 aromatic rings. The van der Waals surface area contributed by atoms with Gasteiger partial charge in [0.15, 0.2) is 0 Å². The second kappa shape index (κ2) is 8.10. The van der Waals surface area contributed by atoms with Gasteiger partial charge in [0, 0.05) is 32.9 Å². The van der Waals surface area contributed by atoms with Crippen LogP contribution in [-0.4, -0.2) is 30.2 Å². The number of nitrogens with one attached hydrogen (secondary N) is 1. The van der Waals surface area contributed by atoms with Gasteiger partial charge in [-0.25, -0.2) is 4.98 Å². The number of hydrogen-bond donors (Lipinski definition) is 2. The summed E-state index contributed by atoms with van der Waals surface area (Å²) in [7, 11) is 2.03. The van der Waals surface area contributed by atoms with Crippen LogP contribution in [0.15, 0.2) is 60.8 Å². The average Bonchev–Trinajstić information content (AvgIpc) is 2.67. The van der Waals surface area contributed by atoms with Crippen LogP contribution < -0.4 is 10.2 Å². The highest BCUT2D eigenvalue weighted by atomic mass is 16.3. The number of benzene rings is 2. The van der Waals surface area contributed by atoms with Gasteiger partial charge >= 0.3 is 0 Å². The van der Waals surface area contributed by atoms with E-state index in [1.54, 1.807) is 0 Å². The highest BCUT2D eigenvalue weighted by Crippen LogP contribution is 2.20. The van der Waals surface area contributed by atoms with Crippen LogP contribution in [0.1, 0.15) is 24.2 Å². The van der Waals surface area contributed by atoms with E-state index in [0.717, 1.165) is 28.9 Å². The number of pyridine rings is 1. The molecule has 0 fully saturated rings. The van der Waals surface area contributed by atoms with Crippen molar-refractivity contribution in [3.8, 4) is 0 Å². The van der Waals surface area contributed by atoms with Gasteiger partial charge in [-0.2, -0.15) is 0 Å². The summed E-state index contributed by atoms with van der Waals surface area (Å²) in [5.74, 6) is 0.974. The van der Waals surface area contributed by atoms with Gasteiger partial charge in [0.05, 0.1) is 6.10 Å². The van der Waals surface area contributed by atoms with Crippen molar-refractivity contribution in [1.82, 2.24) is 10.3 Å². The number of aliphatic hydroxyl groups excluding tert-OH is 1. The molecule has 1 unspecified atom stereocenters. The van der Waals surface area contributed by atoms with Crippen LogP contribution in [0, 0.1) is 0 Å². The molecule has 0 spiro atoms. The van der Waals surface area contributed by atoms with Crippen LogP contribution >= 0.6 is 0 Å². The van der Waals surface area contributed by atoms with Crippen molar-refractivity contribution < 1.29 is 5.11 Å². The number of fused-ring (bicyclic) bond motifs is 1. The zero-order valence-corrected chi connectivity index (χ0v) is 14.8. The van der Waals surface area contributed by atoms with E-state index in [0.29, 0.717) is 13.1 Å². The monoisotopic (exact) mass is 335 g/mol. The minimum atomic E-state index is -0.525. The highest BCUT2D eigenvalue weighted by Gasteiger charge is 2.08. The maximum atomic E-state index is 10.4. The Morgan fingerprint density at radius 3 is 2.60 bits per heavy atom.